The Morgan fingerprint density at radius 2 is 1.09 bits per heavy atom. The Morgan fingerprint density at radius 3 is 1.50 bits per heavy atom. The number of carbonyl (C=O) groups is 11. The van der Waals surface area contributed by atoms with E-state index in [0.717, 1.165) is 36.9 Å². The van der Waals surface area contributed by atoms with Gasteiger partial charge in [-0.3, -0.25) is 72.3 Å². The first-order chi connectivity index (χ1) is 38.0. The van der Waals surface area contributed by atoms with E-state index in [0.29, 0.717) is 29.6 Å². The van der Waals surface area contributed by atoms with Gasteiger partial charge in [0.1, 0.15) is 16.7 Å². The standard InChI is InChI=1S/C38H53BrN8O11.C8H17NO2.C3H6O2.CH3NO.CH2O2/c39-31-10-6-28(22-41-31)23-43-37(56)29-7-4-27(5-8-29)21-42-32(48)3-1-2-12-40-33(49)11-9-30(38(57)58)47-19-17-45(25-35(52)53)15-13-44(24-34(50)51)14-16-46(18-20-47)26-36(54)55;1-3-5-6-7(8(10)11)9-4-2;1-2-3(4)5;2*2-1-3/h4-8,10,22,30H,1-3,9,11-21,23-26H2,(H,40,49)(H,42,48)(H,43,56)(H,50,51)(H,52,53)(H,54,55)(H,57,58);7,9H,3-6H2,1-2H3,(H,10,11);2H2,1H3,(H,4,5);1H,(H2,2,3);1H,(H,2,3). The summed E-state index contributed by atoms with van der Waals surface area (Å²) in [7, 11) is 0. The van der Waals surface area contributed by atoms with Crippen LogP contribution in [0, 0.1) is 0 Å². The number of amides is 4. The lowest BCUT2D eigenvalue weighted by atomic mass is 10.1. The normalized spacial score (nSPS) is 13.8. The van der Waals surface area contributed by atoms with Crippen LogP contribution in [0.5, 0.6) is 0 Å². The molecule has 450 valence electrons. The summed E-state index contributed by atoms with van der Waals surface area (Å²) in [6, 6.07) is 9.09. The Hall–Kier alpha value is -7.18. The Morgan fingerprint density at radius 1 is 0.625 bits per heavy atom. The molecule has 13 N–H and O–H groups in total. The van der Waals surface area contributed by atoms with E-state index >= 15 is 0 Å². The van der Waals surface area contributed by atoms with Crippen molar-refractivity contribution >= 4 is 82.3 Å². The third kappa shape index (κ3) is 40.1. The Labute approximate surface area is 473 Å². The van der Waals surface area contributed by atoms with Crippen LogP contribution in [0.2, 0.25) is 0 Å². The monoisotopic (exact) mass is 1200 g/mol. The highest BCUT2D eigenvalue weighted by Crippen LogP contribution is 2.12. The minimum Gasteiger partial charge on any atom is -0.483 e. The molecule has 0 aliphatic carbocycles. The molecule has 1 aromatic heterocycles. The van der Waals surface area contributed by atoms with Gasteiger partial charge in [-0.25, -0.2) is 4.98 Å². The highest BCUT2D eigenvalue weighted by molar-refractivity contribution is 9.10. The van der Waals surface area contributed by atoms with Crippen molar-refractivity contribution in [1.82, 2.24) is 45.9 Å². The van der Waals surface area contributed by atoms with Gasteiger partial charge < -0.3 is 62.7 Å². The van der Waals surface area contributed by atoms with Crippen molar-refractivity contribution in [1.29, 1.82) is 0 Å². The first-order valence-electron chi connectivity index (χ1n) is 25.7. The van der Waals surface area contributed by atoms with Gasteiger partial charge in [0.25, 0.3) is 12.4 Å². The maximum Gasteiger partial charge on any atom is 0.320 e. The first kappa shape index (κ1) is 74.9. The fraction of sp³-hybridized carbons (Fsp3) is 0.569. The molecule has 0 bridgehead atoms. The lowest BCUT2D eigenvalue weighted by Gasteiger charge is -2.35. The van der Waals surface area contributed by atoms with E-state index < -0.39 is 41.9 Å². The minimum atomic E-state index is -1.18. The third-order valence-corrected chi connectivity index (χ3v) is 11.8. The number of aromatic nitrogens is 1. The first-order valence-corrected chi connectivity index (χ1v) is 26.5. The van der Waals surface area contributed by atoms with Crippen LogP contribution in [0.15, 0.2) is 47.2 Å². The van der Waals surface area contributed by atoms with E-state index in [2.05, 4.69) is 54.8 Å². The second-order valence-corrected chi connectivity index (χ2v) is 18.3. The van der Waals surface area contributed by atoms with Crippen molar-refractivity contribution in [3.05, 3.63) is 63.9 Å². The molecule has 28 nitrogen and oxygen atoms in total. The largest absolute Gasteiger partial charge is 0.483 e. The summed E-state index contributed by atoms with van der Waals surface area (Å²) < 4.78 is 0.707. The number of nitrogens with two attached hydrogens (primary N) is 1. The number of carbonyl (C=O) groups excluding carboxylic acids is 4. The highest BCUT2D eigenvalue weighted by Gasteiger charge is 2.29. The molecule has 1 saturated heterocycles. The van der Waals surface area contributed by atoms with Gasteiger partial charge in [0.2, 0.25) is 18.2 Å². The number of hydrogen-bond donors (Lipinski definition) is 12. The van der Waals surface area contributed by atoms with Gasteiger partial charge >= 0.3 is 35.8 Å². The van der Waals surface area contributed by atoms with Crippen molar-refractivity contribution in [2.45, 2.75) is 104 Å². The van der Waals surface area contributed by atoms with Gasteiger partial charge in [-0.1, -0.05) is 51.8 Å². The summed E-state index contributed by atoms with van der Waals surface area (Å²) in [5.41, 5.74) is 6.33. The van der Waals surface area contributed by atoms with Crippen LogP contribution in [0.25, 0.3) is 0 Å². The van der Waals surface area contributed by atoms with Crippen LogP contribution in [-0.4, -0.2) is 224 Å². The van der Waals surface area contributed by atoms with E-state index in [1.807, 2.05) is 13.0 Å². The minimum absolute atomic E-state index is 0.0524. The fourth-order valence-electron chi connectivity index (χ4n) is 7.20. The van der Waals surface area contributed by atoms with Crippen LogP contribution in [-0.2, 0) is 61.0 Å². The maximum absolute atomic E-state index is 12.7. The molecule has 1 aromatic carbocycles. The van der Waals surface area contributed by atoms with E-state index in [1.54, 1.807) is 63.1 Å². The molecule has 2 aromatic rings. The van der Waals surface area contributed by atoms with Crippen molar-refractivity contribution in [3.8, 4) is 0 Å². The van der Waals surface area contributed by atoms with Gasteiger partial charge in [-0.15, -0.1) is 0 Å². The molecule has 3 rings (SSSR count). The second kappa shape index (κ2) is 46.7. The van der Waals surface area contributed by atoms with Gasteiger partial charge in [0.15, 0.2) is 0 Å². The second-order valence-electron chi connectivity index (χ2n) is 17.5. The van der Waals surface area contributed by atoms with E-state index in [4.69, 9.17) is 24.9 Å². The van der Waals surface area contributed by atoms with Crippen LogP contribution >= 0.6 is 15.9 Å². The quantitative estimate of drug-likeness (QED) is 0.0320. The lowest BCUT2D eigenvalue weighted by Crippen LogP contribution is -2.52. The molecule has 4 amide bonds. The number of nitrogens with one attached hydrogen (secondary N) is 4. The number of benzene rings is 1. The van der Waals surface area contributed by atoms with E-state index in [1.165, 1.54) is 0 Å². The average molecular weight is 1200 g/mol. The molecule has 2 heterocycles. The predicted octanol–water partition coefficient (Wildman–Crippen LogP) is 0.908. The summed E-state index contributed by atoms with van der Waals surface area (Å²) in [6.45, 7) is 7.27. The molecule has 1 aliphatic rings. The molecule has 0 saturated carbocycles. The smallest absolute Gasteiger partial charge is 0.320 e. The lowest BCUT2D eigenvalue weighted by molar-refractivity contribution is -0.145. The summed E-state index contributed by atoms with van der Waals surface area (Å²) >= 11 is 3.27. The topological polar surface area (TPSA) is 429 Å². The molecule has 2 unspecified atom stereocenters. The van der Waals surface area contributed by atoms with Crippen molar-refractivity contribution in [3.63, 3.8) is 0 Å². The number of likely N-dealkylation sites (N-methyl/N-ethyl adjacent to an activating group) is 1. The van der Waals surface area contributed by atoms with Gasteiger partial charge in [-0.2, -0.15) is 0 Å². The number of primary amides is 1. The number of pyridine rings is 1. The Bertz CT molecular complexity index is 2120. The summed E-state index contributed by atoms with van der Waals surface area (Å²) in [4.78, 5) is 132. The number of halogens is 1. The van der Waals surface area contributed by atoms with Gasteiger partial charge in [0, 0.05) is 103 Å². The average Bonchev–Trinajstić information content (AvgIpc) is 3.39. The van der Waals surface area contributed by atoms with Gasteiger partial charge in [0.05, 0.1) is 19.6 Å². The number of rotatable bonds is 28. The number of unbranched alkanes of at least 4 members (excludes halogenated alkanes) is 2. The Kier molecular flexibility index (Phi) is 43.7. The van der Waals surface area contributed by atoms with E-state index in [9.17, 15) is 63.6 Å². The number of nitrogens with zero attached hydrogens (tertiary/aromatic N) is 5. The molecule has 2 atom stereocenters. The van der Waals surface area contributed by atoms with Crippen LogP contribution < -0.4 is 27.0 Å². The molecule has 0 spiro atoms. The molecular weight excluding hydrogens is 1120 g/mol. The zero-order valence-electron chi connectivity index (χ0n) is 45.6. The third-order valence-electron chi connectivity index (χ3n) is 11.3. The molecule has 80 heavy (non-hydrogen) atoms. The molecule has 0 radical (unpaired) electrons. The predicted molar refractivity (Wildman–Crippen MR) is 294 cm³/mol. The number of hydrogen-bond acceptors (Lipinski definition) is 17. The number of carboxylic acids is 6. The number of aliphatic carboxylic acids is 6. The van der Waals surface area contributed by atoms with Crippen LogP contribution in [0.4, 0.5) is 0 Å². The Balaban J connectivity index is 0. The van der Waals surface area contributed by atoms with Crippen molar-refractivity contribution in [2.24, 2.45) is 5.73 Å². The highest BCUT2D eigenvalue weighted by atomic mass is 79.9. The summed E-state index contributed by atoms with van der Waals surface area (Å²) in [5.74, 6) is -6.70. The summed E-state index contributed by atoms with van der Waals surface area (Å²) in [5, 5.41) is 73.1. The SMILES string of the molecule is CCC(=O)O.CCCCC(NCC)C(=O)O.NC=O.O=C(O)CN1CCN(CC(=O)O)CCN(C(CCC(=O)NCCCCC(=O)NCc2ccc(C(=O)NCc3ccc(Br)nc3)cc2)C(=O)O)CCN(CC(=O)O)CC1.O=CO. The molecule has 1 fully saturated rings. The molecule has 29 heteroatoms. The number of carboxylic acid groups (broad SMARTS) is 7. The zero-order chi connectivity index (χ0) is 60.8. The van der Waals surface area contributed by atoms with Crippen molar-refractivity contribution in [2.75, 3.05) is 85.1 Å². The molecular formula is C51H81BrN10O18. The zero-order valence-corrected chi connectivity index (χ0v) is 47.2. The van der Waals surface area contributed by atoms with Gasteiger partial charge in [-0.05, 0) is 77.5 Å². The summed E-state index contributed by atoms with van der Waals surface area (Å²) in [6.07, 6.45) is 5.98. The maximum atomic E-state index is 12.7. The van der Waals surface area contributed by atoms with Crippen LogP contribution in [0.1, 0.15) is 100 Å². The van der Waals surface area contributed by atoms with Crippen molar-refractivity contribution < 1.29 is 88.5 Å². The molecule has 1 aliphatic heterocycles. The van der Waals surface area contributed by atoms with E-state index in [-0.39, 0.29) is 147 Å². The fourth-order valence-corrected chi connectivity index (χ4v) is 7.43. The van der Waals surface area contributed by atoms with Crippen LogP contribution in [0.3, 0.4) is 0 Å².